The number of aromatic nitrogens is 1. The molecule has 0 atom stereocenters. The van der Waals surface area contributed by atoms with Gasteiger partial charge in [-0.2, -0.15) is 0 Å². The minimum Gasteiger partial charge on any atom is -0.309 e. The summed E-state index contributed by atoms with van der Waals surface area (Å²) in [6.45, 7) is 0. The standard InChI is InChI=1S/C56H35N/c1-2-13-36(14-3-1)40-16-12-17-42(33-40)57-53-32-30-38-15-4-5-18-43(38)55(53)56-50-24-11-10-23-48(50)51(35-54(56)57)39-27-25-37(26-28-39)41-29-31-49-46-21-7-6-19-44(46)45-20-8-9-22-47(45)52(49)34-41/h1-35H. The number of benzene rings is 11. The quantitative estimate of drug-likeness (QED) is 0.160. The molecule has 0 fully saturated rings. The Morgan fingerprint density at radius 2 is 0.754 bits per heavy atom. The molecule has 264 valence electrons. The zero-order chi connectivity index (χ0) is 37.5. The molecule has 0 N–H and O–H groups in total. The van der Waals surface area contributed by atoms with Crippen LogP contribution in [0.1, 0.15) is 0 Å². The summed E-state index contributed by atoms with van der Waals surface area (Å²) in [5.74, 6) is 0. The average molecular weight is 722 g/mol. The SMILES string of the molecule is c1ccc(-c2cccc(-n3c4ccc5ccccc5c4c4c5ccccc5c(-c5ccc(-c6ccc7c8ccccc8c8ccccc8c7c6)cc5)cc43)c2)cc1. The molecule has 1 aromatic heterocycles. The molecule has 0 amide bonds. The van der Waals surface area contributed by atoms with Crippen LogP contribution in [0.4, 0.5) is 0 Å². The monoisotopic (exact) mass is 721 g/mol. The molecule has 0 aliphatic rings. The van der Waals surface area contributed by atoms with E-state index in [-0.39, 0.29) is 0 Å². The lowest BCUT2D eigenvalue weighted by atomic mass is 9.91. The smallest absolute Gasteiger partial charge is 0.0553 e. The normalized spacial score (nSPS) is 11.9. The molecule has 0 aliphatic carbocycles. The largest absolute Gasteiger partial charge is 0.309 e. The Hall–Kier alpha value is -7.48. The molecule has 0 aliphatic heterocycles. The van der Waals surface area contributed by atoms with E-state index in [0.29, 0.717) is 0 Å². The van der Waals surface area contributed by atoms with Crippen LogP contribution >= 0.6 is 0 Å². The third kappa shape index (κ3) is 4.89. The van der Waals surface area contributed by atoms with E-state index in [1.54, 1.807) is 0 Å². The Balaban J connectivity index is 1.07. The molecule has 57 heavy (non-hydrogen) atoms. The topological polar surface area (TPSA) is 4.93 Å². The molecule has 0 saturated heterocycles. The van der Waals surface area contributed by atoms with Gasteiger partial charge < -0.3 is 4.57 Å². The van der Waals surface area contributed by atoms with Crippen molar-refractivity contribution < 1.29 is 0 Å². The lowest BCUT2D eigenvalue weighted by Crippen LogP contribution is -1.95. The van der Waals surface area contributed by atoms with Gasteiger partial charge in [-0.05, 0) is 118 Å². The van der Waals surface area contributed by atoms with Crippen molar-refractivity contribution >= 4 is 75.7 Å². The lowest BCUT2D eigenvalue weighted by molar-refractivity contribution is 1.18. The Bertz CT molecular complexity index is 3520. The van der Waals surface area contributed by atoms with Crippen molar-refractivity contribution in [3.63, 3.8) is 0 Å². The third-order valence-corrected chi connectivity index (χ3v) is 12.1. The summed E-state index contributed by atoms with van der Waals surface area (Å²) in [7, 11) is 0. The highest BCUT2D eigenvalue weighted by atomic mass is 15.0. The molecule has 1 heteroatoms. The van der Waals surface area contributed by atoms with Crippen LogP contribution in [0.5, 0.6) is 0 Å². The van der Waals surface area contributed by atoms with E-state index in [0.717, 1.165) is 5.69 Å². The number of hydrogen-bond acceptors (Lipinski definition) is 0. The van der Waals surface area contributed by atoms with Gasteiger partial charge in [-0.3, -0.25) is 0 Å². The second-order valence-corrected chi connectivity index (χ2v) is 15.2. The van der Waals surface area contributed by atoms with Crippen molar-refractivity contribution in [2.24, 2.45) is 0 Å². The van der Waals surface area contributed by atoms with Crippen LogP contribution in [0, 0.1) is 0 Å². The predicted octanol–water partition coefficient (Wildman–Crippen LogP) is 15.6. The van der Waals surface area contributed by atoms with E-state index in [1.165, 1.54) is 109 Å². The van der Waals surface area contributed by atoms with Crippen LogP contribution in [-0.2, 0) is 0 Å². The Morgan fingerprint density at radius 1 is 0.246 bits per heavy atom. The molecule has 0 spiro atoms. The van der Waals surface area contributed by atoms with Crippen LogP contribution in [0.15, 0.2) is 212 Å². The molecule has 0 unspecified atom stereocenters. The second-order valence-electron chi connectivity index (χ2n) is 15.2. The Morgan fingerprint density at radius 3 is 1.49 bits per heavy atom. The van der Waals surface area contributed by atoms with E-state index >= 15 is 0 Å². The van der Waals surface area contributed by atoms with Crippen molar-refractivity contribution in [2.45, 2.75) is 0 Å². The van der Waals surface area contributed by atoms with Gasteiger partial charge in [-0.25, -0.2) is 0 Å². The summed E-state index contributed by atoms with van der Waals surface area (Å²) in [4.78, 5) is 0. The van der Waals surface area contributed by atoms with Gasteiger partial charge >= 0.3 is 0 Å². The molecule has 11 aromatic carbocycles. The highest BCUT2D eigenvalue weighted by Crippen LogP contribution is 2.45. The molecule has 0 saturated carbocycles. The molecule has 12 aromatic rings. The van der Waals surface area contributed by atoms with Crippen LogP contribution in [0.3, 0.4) is 0 Å². The zero-order valence-corrected chi connectivity index (χ0v) is 31.2. The van der Waals surface area contributed by atoms with Crippen LogP contribution in [0.2, 0.25) is 0 Å². The maximum Gasteiger partial charge on any atom is 0.0553 e. The maximum atomic E-state index is 2.48. The van der Waals surface area contributed by atoms with Gasteiger partial charge in [0, 0.05) is 16.5 Å². The Labute approximate surface area is 330 Å². The van der Waals surface area contributed by atoms with Crippen LogP contribution in [0.25, 0.3) is 115 Å². The van der Waals surface area contributed by atoms with Crippen molar-refractivity contribution in [3.8, 4) is 39.1 Å². The summed E-state index contributed by atoms with van der Waals surface area (Å²) >= 11 is 0. The van der Waals surface area contributed by atoms with E-state index < -0.39 is 0 Å². The average Bonchev–Trinajstić information content (AvgIpc) is 3.64. The first-order chi connectivity index (χ1) is 28.3. The van der Waals surface area contributed by atoms with Gasteiger partial charge in [0.1, 0.15) is 0 Å². The minimum absolute atomic E-state index is 1.15. The van der Waals surface area contributed by atoms with E-state index in [4.69, 9.17) is 0 Å². The summed E-state index contributed by atoms with van der Waals surface area (Å²) in [6.07, 6.45) is 0. The number of fused-ring (bicyclic) bond motifs is 13. The van der Waals surface area contributed by atoms with Crippen LogP contribution < -0.4 is 0 Å². The zero-order valence-electron chi connectivity index (χ0n) is 31.2. The summed E-state index contributed by atoms with van der Waals surface area (Å²) < 4.78 is 2.48. The number of nitrogens with zero attached hydrogens (tertiary/aromatic N) is 1. The molecule has 1 heterocycles. The van der Waals surface area contributed by atoms with Crippen LogP contribution in [-0.4, -0.2) is 4.57 Å². The minimum atomic E-state index is 1.15. The van der Waals surface area contributed by atoms with Gasteiger partial charge in [0.25, 0.3) is 0 Å². The first-order valence-electron chi connectivity index (χ1n) is 19.8. The fourth-order valence-corrected chi connectivity index (χ4v) is 9.54. The van der Waals surface area contributed by atoms with E-state index in [1.807, 2.05) is 0 Å². The molecular weight excluding hydrogens is 687 g/mol. The highest BCUT2D eigenvalue weighted by molar-refractivity contribution is 6.30. The maximum absolute atomic E-state index is 2.48. The number of hydrogen-bond donors (Lipinski definition) is 0. The third-order valence-electron chi connectivity index (χ3n) is 12.1. The van der Waals surface area contributed by atoms with Gasteiger partial charge in [0.15, 0.2) is 0 Å². The molecule has 0 bridgehead atoms. The summed E-state index contributed by atoms with van der Waals surface area (Å²) in [6, 6.07) is 78.3. The molecule has 1 nitrogen and oxygen atoms in total. The van der Waals surface area contributed by atoms with Gasteiger partial charge in [-0.1, -0.05) is 182 Å². The molecular formula is C56H35N. The lowest BCUT2D eigenvalue weighted by Gasteiger charge is -2.14. The number of rotatable bonds is 4. The van der Waals surface area contributed by atoms with E-state index in [2.05, 4.69) is 217 Å². The molecule has 0 radical (unpaired) electrons. The van der Waals surface area contributed by atoms with Gasteiger partial charge in [0.2, 0.25) is 0 Å². The fourth-order valence-electron chi connectivity index (χ4n) is 9.54. The first kappa shape index (κ1) is 31.8. The predicted molar refractivity (Wildman–Crippen MR) is 245 cm³/mol. The second kappa shape index (κ2) is 12.5. The first-order valence-corrected chi connectivity index (χ1v) is 19.8. The van der Waals surface area contributed by atoms with Gasteiger partial charge in [0.05, 0.1) is 11.0 Å². The van der Waals surface area contributed by atoms with Crippen molar-refractivity contribution in [1.82, 2.24) is 4.57 Å². The van der Waals surface area contributed by atoms with E-state index in [9.17, 15) is 0 Å². The highest BCUT2D eigenvalue weighted by Gasteiger charge is 2.20. The Kier molecular flexibility index (Phi) is 7.00. The van der Waals surface area contributed by atoms with Gasteiger partial charge in [-0.15, -0.1) is 0 Å². The van der Waals surface area contributed by atoms with Crippen molar-refractivity contribution in [2.75, 3.05) is 0 Å². The van der Waals surface area contributed by atoms with Crippen molar-refractivity contribution in [1.29, 1.82) is 0 Å². The fraction of sp³-hybridized carbons (Fsp3) is 0. The summed E-state index contributed by atoms with van der Waals surface area (Å²) in [5.41, 5.74) is 10.9. The molecule has 12 rings (SSSR count). The van der Waals surface area contributed by atoms with Crippen molar-refractivity contribution in [3.05, 3.63) is 212 Å². The summed E-state index contributed by atoms with van der Waals surface area (Å²) in [5, 5.41) is 15.4.